The summed E-state index contributed by atoms with van der Waals surface area (Å²) in [6, 6.07) is 4.41. The average molecular weight is 237 g/mol. The van der Waals surface area contributed by atoms with Crippen molar-refractivity contribution in [3.8, 4) is 0 Å². The first kappa shape index (κ1) is 11.6. The second-order valence-corrected chi connectivity index (χ2v) is 4.02. The Labute approximate surface area is 96.9 Å². The number of carboxylic acids is 1. The molecular weight excluding hydrogens is 225 g/mol. The molecule has 2 N–H and O–H groups in total. The van der Waals surface area contributed by atoms with E-state index in [0.29, 0.717) is 10.9 Å². The van der Waals surface area contributed by atoms with Crippen LogP contribution < -0.4 is 0 Å². The molecule has 1 heterocycles. The van der Waals surface area contributed by atoms with Crippen molar-refractivity contribution in [1.82, 2.24) is 4.57 Å². The lowest BCUT2D eigenvalue weighted by atomic mass is 10.1. The Morgan fingerprint density at radius 1 is 1.41 bits per heavy atom. The molecule has 17 heavy (non-hydrogen) atoms. The van der Waals surface area contributed by atoms with Gasteiger partial charge in [0.2, 0.25) is 0 Å². The van der Waals surface area contributed by atoms with Gasteiger partial charge in [0, 0.05) is 29.2 Å². The highest BCUT2D eigenvalue weighted by Gasteiger charge is 2.21. The summed E-state index contributed by atoms with van der Waals surface area (Å²) >= 11 is 0. The molecule has 0 radical (unpaired) electrons. The van der Waals surface area contributed by atoms with Crippen LogP contribution in [0.15, 0.2) is 18.2 Å². The van der Waals surface area contributed by atoms with Crippen molar-refractivity contribution in [3.05, 3.63) is 35.3 Å². The van der Waals surface area contributed by atoms with Gasteiger partial charge >= 0.3 is 5.97 Å². The van der Waals surface area contributed by atoms with Crippen LogP contribution in [0.4, 0.5) is 4.39 Å². The van der Waals surface area contributed by atoms with Gasteiger partial charge in [-0.2, -0.15) is 0 Å². The molecule has 1 unspecified atom stereocenters. The number of hydrogen-bond acceptors (Lipinski definition) is 2. The quantitative estimate of drug-likeness (QED) is 0.836. The minimum absolute atomic E-state index is 0.216. The van der Waals surface area contributed by atoms with Gasteiger partial charge in [0.05, 0.1) is 0 Å². The van der Waals surface area contributed by atoms with E-state index < -0.39 is 17.9 Å². The zero-order chi connectivity index (χ0) is 12.7. The van der Waals surface area contributed by atoms with Crippen molar-refractivity contribution in [3.63, 3.8) is 0 Å². The number of aliphatic hydroxyl groups excluding tert-OH is 1. The first-order valence-electron chi connectivity index (χ1n) is 5.08. The van der Waals surface area contributed by atoms with Crippen molar-refractivity contribution in [2.24, 2.45) is 7.05 Å². The maximum atomic E-state index is 13.6. The highest BCUT2D eigenvalue weighted by molar-refractivity contribution is 5.84. The number of rotatable bonds is 2. The summed E-state index contributed by atoms with van der Waals surface area (Å²) in [5, 5.41) is 18.8. The number of aliphatic carboxylic acids is 1. The Morgan fingerprint density at radius 2 is 2.06 bits per heavy atom. The van der Waals surface area contributed by atoms with Crippen LogP contribution in [-0.4, -0.2) is 20.7 Å². The fraction of sp³-hybridized carbons (Fsp3) is 0.250. The van der Waals surface area contributed by atoms with Crippen LogP contribution in [0.25, 0.3) is 10.9 Å². The number of carbonyl (C=O) groups is 1. The fourth-order valence-corrected chi connectivity index (χ4v) is 1.85. The van der Waals surface area contributed by atoms with E-state index in [1.54, 1.807) is 13.1 Å². The smallest absolute Gasteiger partial charge is 0.337 e. The van der Waals surface area contributed by atoms with Gasteiger partial charge in [-0.3, -0.25) is 0 Å². The van der Waals surface area contributed by atoms with E-state index in [-0.39, 0.29) is 5.56 Å². The molecule has 2 aromatic rings. The Morgan fingerprint density at radius 3 is 2.65 bits per heavy atom. The molecule has 0 aliphatic heterocycles. The third kappa shape index (κ3) is 1.78. The molecule has 0 saturated heterocycles. The van der Waals surface area contributed by atoms with Crippen molar-refractivity contribution < 1.29 is 19.4 Å². The average Bonchev–Trinajstić information content (AvgIpc) is 2.52. The third-order valence-corrected chi connectivity index (χ3v) is 2.93. The number of halogens is 1. The van der Waals surface area contributed by atoms with E-state index in [1.807, 2.05) is 11.5 Å². The molecule has 90 valence electrons. The molecule has 2 rings (SSSR count). The number of carboxylic acid groups (broad SMARTS) is 1. The second kappa shape index (κ2) is 3.85. The molecule has 1 aromatic carbocycles. The van der Waals surface area contributed by atoms with Gasteiger partial charge in [0.15, 0.2) is 6.10 Å². The standard InChI is InChI=1S/C12H12FNO3/c1-6-3-7-4-9(13)8(11(15)12(16)17)5-10(7)14(6)2/h3-5,11,15H,1-2H3,(H,16,17). The fourth-order valence-electron chi connectivity index (χ4n) is 1.85. The first-order chi connectivity index (χ1) is 7.91. The Bertz CT molecular complexity index is 603. The number of fused-ring (bicyclic) bond motifs is 1. The van der Waals surface area contributed by atoms with E-state index in [1.165, 1.54) is 12.1 Å². The molecule has 0 amide bonds. The van der Waals surface area contributed by atoms with Gasteiger partial charge in [-0.05, 0) is 25.1 Å². The van der Waals surface area contributed by atoms with Crippen molar-refractivity contribution in [1.29, 1.82) is 0 Å². The Balaban J connectivity index is 2.69. The Kier molecular flexibility index (Phi) is 2.63. The minimum Gasteiger partial charge on any atom is -0.479 e. The molecule has 1 aromatic heterocycles. The van der Waals surface area contributed by atoms with Crippen molar-refractivity contribution in [2.45, 2.75) is 13.0 Å². The molecule has 0 bridgehead atoms. The van der Waals surface area contributed by atoms with Crippen LogP contribution in [0.5, 0.6) is 0 Å². The Hall–Kier alpha value is -1.88. The van der Waals surface area contributed by atoms with Crippen LogP contribution in [0.1, 0.15) is 17.4 Å². The molecule has 5 heteroatoms. The lowest BCUT2D eigenvalue weighted by Crippen LogP contribution is -2.12. The zero-order valence-corrected chi connectivity index (χ0v) is 9.44. The van der Waals surface area contributed by atoms with Gasteiger partial charge in [0.25, 0.3) is 0 Å². The molecule has 0 spiro atoms. The maximum absolute atomic E-state index is 13.6. The summed E-state index contributed by atoms with van der Waals surface area (Å²) in [6.45, 7) is 1.87. The topological polar surface area (TPSA) is 62.5 Å². The molecule has 0 aliphatic rings. The summed E-state index contributed by atoms with van der Waals surface area (Å²) < 4.78 is 15.5. The van der Waals surface area contributed by atoms with Crippen LogP contribution in [0, 0.1) is 12.7 Å². The van der Waals surface area contributed by atoms with E-state index >= 15 is 0 Å². The van der Waals surface area contributed by atoms with Crippen LogP contribution in [0.3, 0.4) is 0 Å². The van der Waals surface area contributed by atoms with E-state index in [2.05, 4.69) is 0 Å². The number of nitrogens with zero attached hydrogens (tertiary/aromatic N) is 1. The summed E-state index contributed by atoms with van der Waals surface area (Å²) in [6.07, 6.45) is -1.84. The van der Waals surface area contributed by atoms with Crippen molar-refractivity contribution in [2.75, 3.05) is 0 Å². The van der Waals surface area contributed by atoms with Gasteiger partial charge in [-0.1, -0.05) is 0 Å². The predicted octanol–water partition coefficient (Wildman–Crippen LogP) is 1.74. The van der Waals surface area contributed by atoms with Gasteiger partial charge < -0.3 is 14.8 Å². The highest BCUT2D eigenvalue weighted by atomic mass is 19.1. The highest BCUT2D eigenvalue weighted by Crippen LogP contribution is 2.26. The van der Waals surface area contributed by atoms with Crippen LogP contribution >= 0.6 is 0 Å². The number of aromatic nitrogens is 1. The summed E-state index contributed by atoms with van der Waals surface area (Å²) in [5.41, 5.74) is 1.41. The zero-order valence-electron chi connectivity index (χ0n) is 9.44. The summed E-state index contributed by atoms with van der Waals surface area (Å²) in [7, 11) is 1.80. The predicted molar refractivity (Wildman–Crippen MR) is 60.2 cm³/mol. The normalized spacial score (nSPS) is 12.9. The minimum atomic E-state index is -1.84. The SMILES string of the molecule is Cc1cc2cc(F)c(C(O)C(=O)O)cc2n1C. The van der Waals surface area contributed by atoms with E-state index in [9.17, 15) is 14.3 Å². The molecule has 4 nitrogen and oxygen atoms in total. The molecule has 0 saturated carbocycles. The molecule has 1 atom stereocenters. The summed E-state index contributed by atoms with van der Waals surface area (Å²) in [5.74, 6) is -2.17. The number of benzene rings is 1. The largest absolute Gasteiger partial charge is 0.479 e. The van der Waals surface area contributed by atoms with E-state index in [0.717, 1.165) is 5.69 Å². The lowest BCUT2D eigenvalue weighted by molar-refractivity contribution is -0.147. The number of hydrogen-bond donors (Lipinski definition) is 2. The first-order valence-corrected chi connectivity index (χ1v) is 5.08. The van der Waals surface area contributed by atoms with E-state index in [4.69, 9.17) is 5.11 Å². The third-order valence-electron chi connectivity index (χ3n) is 2.93. The maximum Gasteiger partial charge on any atom is 0.337 e. The van der Waals surface area contributed by atoms with Gasteiger partial charge in [-0.15, -0.1) is 0 Å². The lowest BCUT2D eigenvalue weighted by Gasteiger charge is -2.08. The number of aliphatic hydroxyl groups is 1. The molecule has 0 fully saturated rings. The monoisotopic (exact) mass is 237 g/mol. The molecule has 0 aliphatic carbocycles. The summed E-state index contributed by atoms with van der Waals surface area (Å²) in [4.78, 5) is 10.7. The van der Waals surface area contributed by atoms with Crippen LogP contribution in [-0.2, 0) is 11.8 Å². The second-order valence-electron chi connectivity index (χ2n) is 4.02. The van der Waals surface area contributed by atoms with Crippen LogP contribution in [0.2, 0.25) is 0 Å². The van der Waals surface area contributed by atoms with Crippen molar-refractivity contribution >= 4 is 16.9 Å². The number of aryl methyl sites for hydroxylation is 2. The molecular formula is C12H12FNO3. The van der Waals surface area contributed by atoms with Gasteiger partial charge in [0.1, 0.15) is 5.82 Å². The van der Waals surface area contributed by atoms with Gasteiger partial charge in [-0.25, -0.2) is 9.18 Å².